The second kappa shape index (κ2) is 6.42. The van der Waals surface area contributed by atoms with Gasteiger partial charge in [-0.3, -0.25) is 4.79 Å². The molecule has 1 rings (SSSR count). The van der Waals surface area contributed by atoms with Crippen LogP contribution in [0.3, 0.4) is 0 Å². The second-order valence-corrected chi connectivity index (χ2v) is 3.92. The average molecular weight is 288 g/mol. The second-order valence-electron chi connectivity index (χ2n) is 3.10. The lowest BCUT2D eigenvalue weighted by Crippen LogP contribution is -2.12. The molecule has 6 heteroatoms. The van der Waals surface area contributed by atoms with Gasteiger partial charge < -0.3 is 10.1 Å². The third kappa shape index (κ3) is 4.57. The van der Waals surface area contributed by atoms with E-state index >= 15 is 0 Å². The first-order valence-corrected chi connectivity index (χ1v) is 5.81. The van der Waals surface area contributed by atoms with Gasteiger partial charge in [0.15, 0.2) is 0 Å². The summed E-state index contributed by atoms with van der Waals surface area (Å²) in [4.78, 5) is 19.3. The summed E-state index contributed by atoms with van der Waals surface area (Å²) in [6.07, 6.45) is 0.328. The summed E-state index contributed by atoms with van der Waals surface area (Å²) < 4.78 is 5.53. The van der Waals surface area contributed by atoms with Crippen molar-refractivity contribution in [2.45, 2.75) is 20.3 Å². The molecule has 1 N–H and O–H groups in total. The highest BCUT2D eigenvalue weighted by Gasteiger charge is 2.02. The monoisotopic (exact) mass is 287 g/mol. The Kier molecular flexibility index (Phi) is 5.18. The predicted molar refractivity (Wildman–Crippen MR) is 64.2 cm³/mol. The summed E-state index contributed by atoms with van der Waals surface area (Å²) in [6.45, 7) is 4.51. The smallest absolute Gasteiger partial charge is 0.307 e. The lowest BCUT2D eigenvalue weighted by Gasteiger charge is -2.06. The minimum absolute atomic E-state index is 0.208. The molecular weight excluding hydrogens is 274 g/mol. The quantitative estimate of drug-likeness (QED) is 0.662. The summed E-state index contributed by atoms with van der Waals surface area (Å²) in [5.41, 5.74) is 0. The number of rotatable bonds is 5. The molecule has 0 aliphatic heterocycles. The van der Waals surface area contributed by atoms with Gasteiger partial charge in [-0.1, -0.05) is 0 Å². The number of hydrogen-bond donors (Lipinski definition) is 1. The molecule has 0 saturated carbocycles. The zero-order valence-electron chi connectivity index (χ0n) is 9.29. The van der Waals surface area contributed by atoms with Crippen LogP contribution < -0.4 is 5.32 Å². The van der Waals surface area contributed by atoms with Crippen LogP contribution in [0.25, 0.3) is 0 Å². The van der Waals surface area contributed by atoms with Gasteiger partial charge in [0.25, 0.3) is 0 Å². The number of halogens is 1. The number of nitrogens with one attached hydrogen (secondary N) is 1. The molecule has 0 bridgehead atoms. The highest BCUT2D eigenvalue weighted by atomic mass is 79.9. The van der Waals surface area contributed by atoms with Crippen molar-refractivity contribution >= 4 is 27.7 Å². The first kappa shape index (κ1) is 12.9. The van der Waals surface area contributed by atoms with Crippen LogP contribution in [0.5, 0.6) is 0 Å². The lowest BCUT2D eigenvalue weighted by atomic mass is 10.4. The first-order valence-electron chi connectivity index (χ1n) is 5.02. The summed E-state index contributed by atoms with van der Waals surface area (Å²) >= 11 is 3.28. The summed E-state index contributed by atoms with van der Waals surface area (Å²) in [6, 6.07) is 1.76. The Morgan fingerprint density at radius 2 is 2.31 bits per heavy atom. The lowest BCUT2D eigenvalue weighted by molar-refractivity contribution is -0.142. The molecule has 1 aromatic heterocycles. The molecule has 0 aliphatic carbocycles. The van der Waals surface area contributed by atoms with Crippen molar-refractivity contribution in [3.05, 3.63) is 16.5 Å². The van der Waals surface area contributed by atoms with E-state index in [0.717, 1.165) is 4.60 Å². The predicted octanol–water partition coefficient (Wildman–Crippen LogP) is 1.91. The van der Waals surface area contributed by atoms with Crippen LogP contribution in [0.2, 0.25) is 0 Å². The van der Waals surface area contributed by atoms with Gasteiger partial charge in [-0.15, -0.1) is 0 Å². The fourth-order valence-corrected chi connectivity index (χ4v) is 1.62. The summed E-state index contributed by atoms with van der Waals surface area (Å²) in [5.74, 6) is 1.16. The Bertz CT molecular complexity index is 351. The average Bonchev–Trinajstić information content (AvgIpc) is 2.16. The zero-order valence-corrected chi connectivity index (χ0v) is 10.9. The normalized spacial score (nSPS) is 9.94. The summed E-state index contributed by atoms with van der Waals surface area (Å²) in [5, 5.41) is 3.03. The number of hydrogen-bond acceptors (Lipinski definition) is 5. The zero-order chi connectivity index (χ0) is 12.0. The maximum absolute atomic E-state index is 11.1. The van der Waals surface area contributed by atoms with E-state index in [2.05, 4.69) is 31.2 Å². The number of ether oxygens (including phenoxy) is 1. The minimum atomic E-state index is -0.208. The third-order valence-corrected chi connectivity index (χ3v) is 2.15. The Balaban J connectivity index is 2.40. The molecule has 0 radical (unpaired) electrons. The van der Waals surface area contributed by atoms with Crippen LogP contribution in [0.1, 0.15) is 19.2 Å². The molecule has 1 heterocycles. The molecule has 16 heavy (non-hydrogen) atoms. The maximum atomic E-state index is 11.1. The van der Waals surface area contributed by atoms with Crippen LogP contribution in [0, 0.1) is 6.92 Å². The molecule has 88 valence electrons. The van der Waals surface area contributed by atoms with Crippen LogP contribution in [-0.2, 0) is 9.53 Å². The van der Waals surface area contributed by atoms with E-state index in [1.165, 1.54) is 0 Å². The van der Waals surface area contributed by atoms with Gasteiger partial charge in [0.1, 0.15) is 16.2 Å². The van der Waals surface area contributed by atoms with Gasteiger partial charge in [-0.25, -0.2) is 9.97 Å². The Morgan fingerprint density at radius 1 is 1.56 bits per heavy atom. The van der Waals surface area contributed by atoms with Crippen LogP contribution in [0.4, 0.5) is 5.82 Å². The van der Waals surface area contributed by atoms with Gasteiger partial charge in [0.05, 0.1) is 13.0 Å². The van der Waals surface area contributed by atoms with E-state index in [-0.39, 0.29) is 5.97 Å². The SMILES string of the molecule is CCOC(=O)CCNc1cc(Br)nc(C)n1. The minimum Gasteiger partial charge on any atom is -0.466 e. The number of aryl methyl sites for hydroxylation is 1. The Labute approximate surface area is 103 Å². The standard InChI is InChI=1S/C10H14BrN3O2/c1-3-16-10(15)4-5-12-9-6-8(11)13-7(2)14-9/h6H,3-5H2,1-2H3,(H,12,13,14). The molecule has 0 spiro atoms. The van der Waals surface area contributed by atoms with Gasteiger partial charge >= 0.3 is 5.97 Å². The van der Waals surface area contributed by atoms with E-state index in [1.807, 2.05) is 0 Å². The number of nitrogens with zero attached hydrogens (tertiary/aromatic N) is 2. The molecule has 0 fully saturated rings. The number of aromatic nitrogens is 2. The van der Waals surface area contributed by atoms with Crippen molar-refractivity contribution in [2.75, 3.05) is 18.5 Å². The van der Waals surface area contributed by atoms with Crippen molar-refractivity contribution in [1.29, 1.82) is 0 Å². The van der Waals surface area contributed by atoms with E-state index < -0.39 is 0 Å². The molecule has 5 nitrogen and oxygen atoms in total. The number of carbonyl (C=O) groups is 1. The van der Waals surface area contributed by atoms with E-state index in [0.29, 0.717) is 31.2 Å². The Morgan fingerprint density at radius 3 is 2.94 bits per heavy atom. The van der Waals surface area contributed by atoms with Gasteiger partial charge in [-0.2, -0.15) is 0 Å². The number of anilines is 1. The largest absolute Gasteiger partial charge is 0.466 e. The molecular formula is C10H14BrN3O2. The van der Waals surface area contributed by atoms with Crippen molar-refractivity contribution in [1.82, 2.24) is 9.97 Å². The van der Waals surface area contributed by atoms with Gasteiger partial charge in [0, 0.05) is 12.6 Å². The van der Waals surface area contributed by atoms with Crippen molar-refractivity contribution in [3.8, 4) is 0 Å². The highest BCUT2D eigenvalue weighted by molar-refractivity contribution is 9.10. The summed E-state index contributed by atoms with van der Waals surface area (Å²) in [7, 11) is 0. The number of esters is 1. The molecule has 0 aliphatic rings. The fraction of sp³-hybridized carbons (Fsp3) is 0.500. The maximum Gasteiger partial charge on any atom is 0.307 e. The van der Waals surface area contributed by atoms with Gasteiger partial charge in [0.2, 0.25) is 0 Å². The van der Waals surface area contributed by atoms with Crippen molar-refractivity contribution in [2.24, 2.45) is 0 Å². The third-order valence-electron chi connectivity index (χ3n) is 1.75. The first-order chi connectivity index (χ1) is 7.61. The van der Waals surface area contributed by atoms with E-state index in [9.17, 15) is 4.79 Å². The molecule has 1 aromatic rings. The van der Waals surface area contributed by atoms with Crippen LogP contribution in [-0.4, -0.2) is 29.1 Å². The van der Waals surface area contributed by atoms with Crippen molar-refractivity contribution < 1.29 is 9.53 Å². The van der Waals surface area contributed by atoms with Crippen LogP contribution >= 0.6 is 15.9 Å². The number of carbonyl (C=O) groups excluding carboxylic acids is 1. The van der Waals surface area contributed by atoms with Crippen molar-refractivity contribution in [3.63, 3.8) is 0 Å². The molecule has 0 unspecified atom stereocenters. The topological polar surface area (TPSA) is 64.1 Å². The van der Waals surface area contributed by atoms with E-state index in [1.54, 1.807) is 19.9 Å². The van der Waals surface area contributed by atoms with Crippen LogP contribution in [0.15, 0.2) is 10.7 Å². The molecule has 0 atom stereocenters. The highest BCUT2D eigenvalue weighted by Crippen LogP contribution is 2.11. The van der Waals surface area contributed by atoms with E-state index in [4.69, 9.17) is 4.74 Å². The molecule has 0 aromatic carbocycles. The molecule has 0 amide bonds. The van der Waals surface area contributed by atoms with Gasteiger partial charge in [-0.05, 0) is 29.8 Å². The Hall–Kier alpha value is -1.17. The fourth-order valence-electron chi connectivity index (χ4n) is 1.15. The molecule has 0 saturated heterocycles.